The summed E-state index contributed by atoms with van der Waals surface area (Å²) in [6, 6.07) is 5.74. The molecular formula is C20H28N6O3. The third-order valence-corrected chi connectivity index (χ3v) is 4.26. The van der Waals surface area contributed by atoms with Crippen molar-refractivity contribution >= 4 is 28.6 Å². The largest absolute Gasteiger partial charge is 0.497 e. The van der Waals surface area contributed by atoms with Crippen LogP contribution in [0.15, 0.2) is 18.2 Å². The number of nitrogens with zero attached hydrogens (tertiary/aromatic N) is 4. The van der Waals surface area contributed by atoms with E-state index >= 15 is 0 Å². The van der Waals surface area contributed by atoms with E-state index in [2.05, 4.69) is 20.8 Å². The average Bonchev–Trinajstić information content (AvgIpc) is 3.04. The normalized spacial score (nSPS) is 11.6. The molecule has 0 unspecified atom stereocenters. The minimum absolute atomic E-state index is 0.392. The third-order valence-electron chi connectivity index (χ3n) is 4.26. The summed E-state index contributed by atoms with van der Waals surface area (Å²) in [5.74, 6) is 2.21. The Morgan fingerprint density at radius 3 is 2.66 bits per heavy atom. The molecule has 2 N–H and O–H groups in total. The highest BCUT2D eigenvalue weighted by Crippen LogP contribution is 2.25. The molecule has 0 atom stereocenters. The molecule has 0 aliphatic rings. The van der Waals surface area contributed by atoms with E-state index in [1.54, 1.807) is 7.11 Å². The number of nitrogens with one attached hydrogen (secondary N) is 2. The van der Waals surface area contributed by atoms with Gasteiger partial charge < -0.3 is 20.1 Å². The number of carbonyl (C=O) groups excluding carboxylic acids is 1. The van der Waals surface area contributed by atoms with E-state index in [9.17, 15) is 4.79 Å². The van der Waals surface area contributed by atoms with Crippen LogP contribution in [0.3, 0.4) is 0 Å². The van der Waals surface area contributed by atoms with Crippen molar-refractivity contribution in [2.75, 3.05) is 25.5 Å². The van der Waals surface area contributed by atoms with E-state index in [1.165, 1.54) is 0 Å². The molecule has 29 heavy (non-hydrogen) atoms. The Morgan fingerprint density at radius 1 is 1.17 bits per heavy atom. The lowest BCUT2D eigenvalue weighted by atomic mass is 10.2. The number of anilines is 1. The lowest BCUT2D eigenvalue weighted by Crippen LogP contribution is -2.33. The predicted octanol–water partition coefficient (Wildman–Crippen LogP) is 3.31. The van der Waals surface area contributed by atoms with Gasteiger partial charge in [-0.05, 0) is 52.7 Å². The molecule has 1 amide bonds. The first-order chi connectivity index (χ1) is 13.8. The Kier molecular flexibility index (Phi) is 6.05. The Bertz CT molecular complexity index is 1010. The van der Waals surface area contributed by atoms with Crippen molar-refractivity contribution in [1.29, 1.82) is 0 Å². The molecule has 0 radical (unpaired) electrons. The number of ether oxygens (including phenoxy) is 2. The number of alkyl carbamates (subject to hydrolysis) is 1. The second-order valence-electron chi connectivity index (χ2n) is 7.78. The molecule has 0 fully saturated rings. The fraction of sp³-hybridized carbons (Fsp3) is 0.500. The van der Waals surface area contributed by atoms with Gasteiger partial charge in [0, 0.05) is 19.2 Å². The number of hydrogen-bond acceptors (Lipinski definition) is 7. The summed E-state index contributed by atoms with van der Waals surface area (Å²) < 4.78 is 12.5. The van der Waals surface area contributed by atoms with Crippen LogP contribution in [0.25, 0.3) is 16.7 Å². The SMILES string of the molecule is COc1ccc2c(c1)nc(NCCCCNC(=O)OC(C)(C)C)c1nnc(C)n12. The highest BCUT2D eigenvalue weighted by Gasteiger charge is 2.16. The molecule has 2 aromatic heterocycles. The molecule has 0 saturated carbocycles. The van der Waals surface area contributed by atoms with E-state index in [4.69, 9.17) is 14.5 Å². The molecule has 156 valence electrons. The quantitative estimate of drug-likeness (QED) is 0.587. The molecule has 0 spiro atoms. The molecule has 9 nitrogen and oxygen atoms in total. The van der Waals surface area contributed by atoms with Gasteiger partial charge in [0.15, 0.2) is 5.82 Å². The van der Waals surface area contributed by atoms with Crippen molar-refractivity contribution in [3.05, 3.63) is 24.0 Å². The van der Waals surface area contributed by atoms with Gasteiger partial charge in [-0.3, -0.25) is 4.40 Å². The lowest BCUT2D eigenvalue weighted by molar-refractivity contribution is 0.0527. The van der Waals surface area contributed by atoms with Gasteiger partial charge in [0.1, 0.15) is 17.2 Å². The molecule has 1 aromatic carbocycles. The van der Waals surface area contributed by atoms with Crippen LogP contribution in [0.4, 0.5) is 10.6 Å². The number of methoxy groups -OCH3 is 1. The van der Waals surface area contributed by atoms with Crippen molar-refractivity contribution in [2.45, 2.75) is 46.1 Å². The first kappa shape index (κ1) is 20.6. The van der Waals surface area contributed by atoms with Gasteiger partial charge in [0.05, 0.1) is 18.1 Å². The summed E-state index contributed by atoms with van der Waals surface area (Å²) in [5, 5.41) is 14.6. The fourth-order valence-electron chi connectivity index (χ4n) is 2.96. The van der Waals surface area contributed by atoms with Gasteiger partial charge >= 0.3 is 6.09 Å². The summed E-state index contributed by atoms with van der Waals surface area (Å²) in [6.07, 6.45) is 1.28. The number of aromatic nitrogens is 4. The number of hydrogen-bond donors (Lipinski definition) is 2. The van der Waals surface area contributed by atoms with Gasteiger partial charge in [0.25, 0.3) is 0 Å². The number of rotatable bonds is 7. The molecule has 2 heterocycles. The zero-order valence-corrected chi connectivity index (χ0v) is 17.6. The van der Waals surface area contributed by atoms with Gasteiger partial charge in [-0.25, -0.2) is 9.78 Å². The predicted molar refractivity (Wildman–Crippen MR) is 112 cm³/mol. The minimum Gasteiger partial charge on any atom is -0.497 e. The van der Waals surface area contributed by atoms with Gasteiger partial charge in [0.2, 0.25) is 5.65 Å². The van der Waals surface area contributed by atoms with E-state index in [1.807, 2.05) is 50.3 Å². The van der Waals surface area contributed by atoms with Crippen molar-refractivity contribution in [3.8, 4) is 5.75 Å². The van der Waals surface area contributed by atoms with Gasteiger partial charge in [-0.2, -0.15) is 0 Å². The van der Waals surface area contributed by atoms with Crippen molar-refractivity contribution in [1.82, 2.24) is 24.9 Å². The molecule has 0 aliphatic carbocycles. The van der Waals surface area contributed by atoms with E-state index in [0.717, 1.165) is 35.4 Å². The summed E-state index contributed by atoms with van der Waals surface area (Å²) in [7, 11) is 1.63. The van der Waals surface area contributed by atoms with Crippen LogP contribution in [0.1, 0.15) is 39.4 Å². The van der Waals surface area contributed by atoms with E-state index < -0.39 is 11.7 Å². The first-order valence-electron chi connectivity index (χ1n) is 9.69. The first-order valence-corrected chi connectivity index (χ1v) is 9.69. The van der Waals surface area contributed by atoms with Crippen molar-refractivity contribution < 1.29 is 14.3 Å². The Hall–Kier alpha value is -3.10. The second kappa shape index (κ2) is 8.50. The van der Waals surface area contributed by atoms with Crippen LogP contribution >= 0.6 is 0 Å². The topological polar surface area (TPSA) is 103 Å². The molecule has 0 saturated heterocycles. The number of unbranched alkanes of at least 4 members (excludes halogenated alkanes) is 1. The van der Waals surface area contributed by atoms with Crippen LogP contribution in [-0.2, 0) is 4.74 Å². The Labute approximate surface area is 169 Å². The van der Waals surface area contributed by atoms with E-state index in [-0.39, 0.29) is 0 Å². The molecule has 0 bridgehead atoms. The summed E-state index contributed by atoms with van der Waals surface area (Å²) >= 11 is 0. The number of amides is 1. The molecular weight excluding hydrogens is 372 g/mol. The molecule has 0 aliphatic heterocycles. The Morgan fingerprint density at radius 2 is 1.93 bits per heavy atom. The van der Waals surface area contributed by atoms with Crippen LogP contribution in [-0.4, -0.2) is 51.5 Å². The maximum Gasteiger partial charge on any atom is 0.407 e. The number of aryl methyl sites for hydroxylation is 1. The monoisotopic (exact) mass is 400 g/mol. The molecule has 9 heteroatoms. The maximum atomic E-state index is 11.7. The van der Waals surface area contributed by atoms with Gasteiger partial charge in [-0.15, -0.1) is 10.2 Å². The minimum atomic E-state index is -0.488. The smallest absolute Gasteiger partial charge is 0.407 e. The lowest BCUT2D eigenvalue weighted by Gasteiger charge is -2.19. The standard InChI is InChI=1S/C20H28N6O3/c1-13-24-25-18-17(21-10-6-7-11-22-19(27)29-20(2,3)4)23-15-12-14(28-5)8-9-16(15)26(13)18/h8-9,12H,6-7,10-11H2,1-5H3,(H,21,23)(H,22,27). The number of benzene rings is 1. The van der Waals surface area contributed by atoms with Crippen molar-refractivity contribution in [3.63, 3.8) is 0 Å². The summed E-state index contributed by atoms with van der Waals surface area (Å²) in [4.78, 5) is 16.4. The zero-order valence-electron chi connectivity index (χ0n) is 17.6. The average molecular weight is 400 g/mol. The summed E-state index contributed by atoms with van der Waals surface area (Å²) in [5.41, 5.74) is 1.92. The van der Waals surface area contributed by atoms with Crippen molar-refractivity contribution in [2.24, 2.45) is 0 Å². The fourth-order valence-corrected chi connectivity index (χ4v) is 2.96. The highest BCUT2D eigenvalue weighted by atomic mass is 16.6. The summed E-state index contributed by atoms with van der Waals surface area (Å²) in [6.45, 7) is 8.69. The van der Waals surface area contributed by atoms with Crippen LogP contribution in [0.2, 0.25) is 0 Å². The Balaban J connectivity index is 1.62. The maximum absolute atomic E-state index is 11.7. The van der Waals surface area contributed by atoms with Gasteiger partial charge in [-0.1, -0.05) is 0 Å². The third kappa shape index (κ3) is 5.04. The molecule has 3 aromatic rings. The number of carbonyl (C=O) groups is 1. The van der Waals surface area contributed by atoms with E-state index in [0.29, 0.717) is 24.6 Å². The van der Waals surface area contributed by atoms with Crippen LogP contribution in [0, 0.1) is 6.92 Å². The van der Waals surface area contributed by atoms with Crippen LogP contribution in [0.5, 0.6) is 5.75 Å². The second-order valence-corrected chi connectivity index (χ2v) is 7.78. The highest BCUT2D eigenvalue weighted by molar-refractivity contribution is 5.84. The zero-order chi connectivity index (χ0) is 21.0. The number of fused-ring (bicyclic) bond motifs is 3. The molecule has 3 rings (SSSR count). The van der Waals surface area contributed by atoms with Crippen LogP contribution < -0.4 is 15.4 Å².